The molecule has 2 rings (SSSR count). The number of amides is 1. The summed E-state index contributed by atoms with van der Waals surface area (Å²) in [7, 11) is 0. The van der Waals surface area contributed by atoms with Gasteiger partial charge in [-0.2, -0.15) is 0 Å². The Morgan fingerprint density at radius 1 is 1.32 bits per heavy atom. The largest absolute Gasteiger partial charge is 0.369 e. The van der Waals surface area contributed by atoms with Gasteiger partial charge in [-0.1, -0.05) is 26.0 Å². The predicted molar refractivity (Wildman–Crippen MR) is 80.9 cm³/mol. The lowest BCUT2D eigenvalue weighted by Gasteiger charge is -2.37. The van der Waals surface area contributed by atoms with E-state index in [-0.39, 0.29) is 11.8 Å². The van der Waals surface area contributed by atoms with E-state index in [0.29, 0.717) is 11.8 Å². The van der Waals surface area contributed by atoms with Gasteiger partial charge in [-0.15, -0.1) is 11.6 Å². The number of hydrogen-bond acceptors (Lipinski definition) is 2. The number of carbonyl (C=O) groups excluding carboxylic acids is 1. The van der Waals surface area contributed by atoms with Gasteiger partial charge in [0.2, 0.25) is 5.91 Å². The zero-order chi connectivity index (χ0) is 13.8. The smallest absolute Gasteiger partial charge is 0.239 e. The average Bonchev–Trinajstić information content (AvgIpc) is 2.38. The van der Waals surface area contributed by atoms with E-state index >= 15 is 0 Å². The Balaban J connectivity index is 2.21. The van der Waals surface area contributed by atoms with Gasteiger partial charge in [0.05, 0.1) is 11.4 Å². The van der Waals surface area contributed by atoms with Crippen LogP contribution < -0.4 is 10.2 Å². The number of piperidine rings is 1. The minimum atomic E-state index is -0.160. The summed E-state index contributed by atoms with van der Waals surface area (Å²) >= 11 is 5.56. The Hall–Kier alpha value is -1.22. The number of hydrogen-bond donors (Lipinski definition) is 1. The minimum absolute atomic E-state index is 0.0128. The average molecular weight is 281 g/mol. The van der Waals surface area contributed by atoms with Gasteiger partial charge >= 0.3 is 0 Å². The number of rotatable bonds is 3. The molecule has 0 bridgehead atoms. The molecule has 19 heavy (non-hydrogen) atoms. The van der Waals surface area contributed by atoms with Gasteiger partial charge in [0.25, 0.3) is 0 Å². The molecule has 0 spiro atoms. The minimum Gasteiger partial charge on any atom is -0.369 e. The van der Waals surface area contributed by atoms with Crippen LogP contribution in [-0.4, -0.2) is 24.9 Å². The fourth-order valence-electron chi connectivity index (χ4n) is 2.90. The van der Waals surface area contributed by atoms with Crippen LogP contribution in [0.25, 0.3) is 0 Å². The maximum atomic E-state index is 11.5. The van der Waals surface area contributed by atoms with E-state index in [2.05, 4.69) is 30.1 Å². The molecule has 0 radical (unpaired) electrons. The van der Waals surface area contributed by atoms with E-state index in [0.717, 1.165) is 24.5 Å². The molecule has 3 nitrogen and oxygen atoms in total. The van der Waals surface area contributed by atoms with Crippen LogP contribution in [-0.2, 0) is 4.79 Å². The second-order valence-corrected chi connectivity index (χ2v) is 5.82. The number of halogens is 1. The van der Waals surface area contributed by atoms with Crippen LogP contribution in [0.2, 0.25) is 0 Å². The summed E-state index contributed by atoms with van der Waals surface area (Å²) in [4.78, 5) is 13.8. The van der Waals surface area contributed by atoms with E-state index in [1.807, 2.05) is 18.2 Å². The number of nitrogens with one attached hydrogen (secondary N) is 1. The maximum absolute atomic E-state index is 11.5. The van der Waals surface area contributed by atoms with Gasteiger partial charge in [0.1, 0.15) is 5.88 Å². The number of carbonyl (C=O) groups is 1. The van der Waals surface area contributed by atoms with Crippen LogP contribution in [0.3, 0.4) is 0 Å². The van der Waals surface area contributed by atoms with E-state index in [4.69, 9.17) is 11.6 Å². The van der Waals surface area contributed by atoms with Crippen molar-refractivity contribution in [2.24, 2.45) is 11.8 Å². The SMILES string of the molecule is CC1CC(C)CN(c2ccccc2NC(=O)CCl)C1. The molecule has 1 aliphatic heterocycles. The zero-order valence-corrected chi connectivity index (χ0v) is 12.3. The molecule has 1 aromatic rings. The predicted octanol–water partition coefficient (Wildman–Crippen LogP) is 3.35. The molecule has 4 heteroatoms. The molecule has 1 aromatic carbocycles. The Morgan fingerprint density at radius 2 is 1.95 bits per heavy atom. The standard InChI is InChI=1S/C15H21ClN2O/c1-11-7-12(2)10-18(9-11)14-6-4-3-5-13(14)17-15(19)8-16/h3-6,11-12H,7-10H2,1-2H3,(H,17,19). The summed E-state index contributed by atoms with van der Waals surface area (Å²) in [5, 5.41) is 2.87. The second kappa shape index (κ2) is 6.29. The lowest BCUT2D eigenvalue weighted by Crippen LogP contribution is -2.39. The number of alkyl halides is 1. The monoisotopic (exact) mass is 280 g/mol. The first-order valence-corrected chi connectivity index (χ1v) is 7.33. The highest BCUT2D eigenvalue weighted by atomic mass is 35.5. The molecule has 1 heterocycles. The van der Waals surface area contributed by atoms with Gasteiger partial charge < -0.3 is 10.2 Å². The van der Waals surface area contributed by atoms with Crippen molar-refractivity contribution < 1.29 is 4.79 Å². The van der Waals surface area contributed by atoms with E-state index in [1.54, 1.807) is 0 Å². The molecule has 1 fully saturated rings. The van der Waals surface area contributed by atoms with Crippen molar-refractivity contribution in [1.29, 1.82) is 0 Å². The Bertz CT molecular complexity index is 440. The molecule has 2 unspecified atom stereocenters. The molecule has 1 aliphatic rings. The van der Waals surface area contributed by atoms with Crippen molar-refractivity contribution in [3.63, 3.8) is 0 Å². The Labute approximate surface area is 119 Å². The third-order valence-electron chi connectivity index (χ3n) is 3.51. The van der Waals surface area contributed by atoms with Crippen molar-refractivity contribution in [1.82, 2.24) is 0 Å². The Kier molecular flexibility index (Phi) is 4.70. The Morgan fingerprint density at radius 3 is 2.58 bits per heavy atom. The van der Waals surface area contributed by atoms with Crippen LogP contribution in [0.4, 0.5) is 11.4 Å². The van der Waals surface area contributed by atoms with E-state index < -0.39 is 0 Å². The van der Waals surface area contributed by atoms with Gasteiger partial charge in [-0.3, -0.25) is 4.79 Å². The number of anilines is 2. The lowest BCUT2D eigenvalue weighted by atomic mass is 9.91. The lowest BCUT2D eigenvalue weighted by molar-refractivity contribution is -0.113. The molecule has 0 aromatic heterocycles. The fraction of sp³-hybridized carbons (Fsp3) is 0.533. The molecular formula is C15H21ClN2O. The quantitative estimate of drug-likeness (QED) is 0.861. The molecule has 104 valence electrons. The first kappa shape index (κ1) is 14.2. The third-order valence-corrected chi connectivity index (χ3v) is 3.75. The highest BCUT2D eigenvalue weighted by molar-refractivity contribution is 6.29. The summed E-state index contributed by atoms with van der Waals surface area (Å²) in [6, 6.07) is 7.94. The summed E-state index contributed by atoms with van der Waals surface area (Å²) in [5.74, 6) is 1.19. The van der Waals surface area contributed by atoms with Gasteiger partial charge in [-0.25, -0.2) is 0 Å². The first-order chi connectivity index (χ1) is 9.10. The fourth-order valence-corrected chi connectivity index (χ4v) is 2.97. The molecular weight excluding hydrogens is 260 g/mol. The molecule has 1 amide bonds. The first-order valence-electron chi connectivity index (χ1n) is 6.80. The van der Waals surface area contributed by atoms with Crippen molar-refractivity contribution in [3.05, 3.63) is 24.3 Å². The molecule has 2 atom stereocenters. The maximum Gasteiger partial charge on any atom is 0.239 e. The number of para-hydroxylation sites is 2. The van der Waals surface area contributed by atoms with Crippen molar-refractivity contribution in [3.8, 4) is 0 Å². The van der Waals surface area contributed by atoms with Crippen LogP contribution >= 0.6 is 11.6 Å². The van der Waals surface area contributed by atoms with Gasteiger partial charge in [0.15, 0.2) is 0 Å². The van der Waals surface area contributed by atoms with Crippen LogP contribution in [0.1, 0.15) is 20.3 Å². The molecule has 1 saturated heterocycles. The van der Waals surface area contributed by atoms with Gasteiger partial charge in [0, 0.05) is 13.1 Å². The van der Waals surface area contributed by atoms with E-state index in [1.165, 1.54) is 6.42 Å². The normalized spacial score (nSPS) is 23.2. The van der Waals surface area contributed by atoms with E-state index in [9.17, 15) is 4.79 Å². The topological polar surface area (TPSA) is 32.3 Å². The molecule has 1 N–H and O–H groups in total. The molecule has 0 saturated carbocycles. The van der Waals surface area contributed by atoms with Crippen LogP contribution in [0.5, 0.6) is 0 Å². The summed E-state index contributed by atoms with van der Waals surface area (Å²) in [6.07, 6.45) is 1.27. The highest BCUT2D eigenvalue weighted by Gasteiger charge is 2.23. The third kappa shape index (κ3) is 3.63. The van der Waals surface area contributed by atoms with Crippen molar-refractivity contribution >= 4 is 28.9 Å². The van der Waals surface area contributed by atoms with Crippen LogP contribution in [0, 0.1) is 11.8 Å². The number of nitrogens with zero attached hydrogens (tertiary/aromatic N) is 1. The van der Waals surface area contributed by atoms with Crippen LogP contribution in [0.15, 0.2) is 24.3 Å². The zero-order valence-electron chi connectivity index (χ0n) is 11.5. The summed E-state index contributed by atoms with van der Waals surface area (Å²) in [5.41, 5.74) is 1.95. The van der Waals surface area contributed by atoms with Crippen molar-refractivity contribution in [2.75, 3.05) is 29.2 Å². The summed E-state index contributed by atoms with van der Waals surface area (Å²) in [6.45, 7) is 6.64. The molecule has 0 aliphatic carbocycles. The number of benzene rings is 1. The van der Waals surface area contributed by atoms with Crippen molar-refractivity contribution in [2.45, 2.75) is 20.3 Å². The highest BCUT2D eigenvalue weighted by Crippen LogP contribution is 2.31. The van der Waals surface area contributed by atoms with Gasteiger partial charge in [-0.05, 0) is 30.4 Å². The summed E-state index contributed by atoms with van der Waals surface area (Å²) < 4.78 is 0. The second-order valence-electron chi connectivity index (χ2n) is 5.55.